The van der Waals surface area contributed by atoms with Crippen molar-refractivity contribution in [1.29, 1.82) is 0 Å². The van der Waals surface area contributed by atoms with Crippen LogP contribution >= 0.6 is 0 Å². The molecule has 0 spiro atoms. The molecule has 0 radical (unpaired) electrons. The predicted molar refractivity (Wildman–Crippen MR) is 65.6 cm³/mol. The van der Waals surface area contributed by atoms with Gasteiger partial charge in [-0.2, -0.15) is 4.98 Å². The standard InChI is InChI=1S/C12H16N4O2/c1-8(17-2)5-11-15-12(18-16-11)10-4-3-9(6-13)7-14-10/h3-4,7-8H,5-6,13H2,1-2H3. The summed E-state index contributed by atoms with van der Waals surface area (Å²) in [5.41, 5.74) is 7.12. The molecule has 0 aliphatic carbocycles. The lowest BCUT2D eigenvalue weighted by Crippen LogP contribution is -2.09. The number of hydrogen-bond acceptors (Lipinski definition) is 6. The van der Waals surface area contributed by atoms with Gasteiger partial charge in [-0.25, -0.2) is 0 Å². The highest BCUT2D eigenvalue weighted by atomic mass is 16.5. The number of aromatic nitrogens is 3. The first kappa shape index (κ1) is 12.7. The van der Waals surface area contributed by atoms with Crippen LogP contribution in [0.2, 0.25) is 0 Å². The van der Waals surface area contributed by atoms with Crippen LogP contribution in [0.3, 0.4) is 0 Å². The summed E-state index contributed by atoms with van der Waals surface area (Å²) in [4.78, 5) is 8.50. The third kappa shape index (κ3) is 2.91. The van der Waals surface area contributed by atoms with Crippen LogP contribution in [-0.4, -0.2) is 28.3 Å². The van der Waals surface area contributed by atoms with Gasteiger partial charge in [0.1, 0.15) is 5.69 Å². The van der Waals surface area contributed by atoms with Crippen LogP contribution in [0.25, 0.3) is 11.6 Å². The Balaban J connectivity index is 2.13. The molecule has 2 heterocycles. The molecule has 0 fully saturated rings. The molecule has 0 bridgehead atoms. The number of nitrogens with two attached hydrogens (primary N) is 1. The number of ether oxygens (including phenoxy) is 1. The third-order valence-electron chi connectivity index (χ3n) is 2.62. The molecule has 0 saturated carbocycles. The Morgan fingerprint density at radius 2 is 2.28 bits per heavy atom. The van der Waals surface area contributed by atoms with Gasteiger partial charge >= 0.3 is 0 Å². The fourth-order valence-corrected chi connectivity index (χ4v) is 1.45. The molecule has 0 aliphatic rings. The van der Waals surface area contributed by atoms with Gasteiger partial charge in [-0.05, 0) is 18.6 Å². The quantitative estimate of drug-likeness (QED) is 0.854. The largest absolute Gasteiger partial charge is 0.381 e. The number of pyridine rings is 1. The number of methoxy groups -OCH3 is 1. The summed E-state index contributed by atoms with van der Waals surface area (Å²) < 4.78 is 10.3. The van der Waals surface area contributed by atoms with Gasteiger partial charge in [0.05, 0.1) is 6.10 Å². The van der Waals surface area contributed by atoms with Crippen LogP contribution in [0.5, 0.6) is 0 Å². The first-order valence-corrected chi connectivity index (χ1v) is 5.73. The van der Waals surface area contributed by atoms with E-state index in [2.05, 4.69) is 15.1 Å². The highest BCUT2D eigenvalue weighted by Crippen LogP contribution is 2.15. The van der Waals surface area contributed by atoms with Crippen LogP contribution < -0.4 is 5.73 Å². The zero-order valence-corrected chi connectivity index (χ0v) is 10.5. The van der Waals surface area contributed by atoms with E-state index in [0.717, 1.165) is 5.56 Å². The molecule has 1 unspecified atom stereocenters. The molecule has 2 aromatic rings. The third-order valence-corrected chi connectivity index (χ3v) is 2.62. The van der Waals surface area contributed by atoms with Crippen LogP contribution in [0.1, 0.15) is 18.3 Å². The summed E-state index contributed by atoms with van der Waals surface area (Å²) in [7, 11) is 1.65. The Morgan fingerprint density at radius 1 is 1.44 bits per heavy atom. The first-order chi connectivity index (χ1) is 8.72. The van der Waals surface area contributed by atoms with Gasteiger partial charge in [0.15, 0.2) is 5.82 Å². The number of hydrogen-bond donors (Lipinski definition) is 1. The zero-order chi connectivity index (χ0) is 13.0. The van der Waals surface area contributed by atoms with Gasteiger partial charge < -0.3 is 15.0 Å². The van der Waals surface area contributed by atoms with Crippen molar-refractivity contribution in [3.8, 4) is 11.6 Å². The van der Waals surface area contributed by atoms with Gasteiger partial charge in [-0.3, -0.25) is 4.98 Å². The van der Waals surface area contributed by atoms with E-state index in [1.807, 2.05) is 19.1 Å². The van der Waals surface area contributed by atoms with Gasteiger partial charge in [0, 0.05) is 26.3 Å². The Morgan fingerprint density at radius 3 is 2.89 bits per heavy atom. The van der Waals surface area contributed by atoms with E-state index in [1.165, 1.54) is 0 Å². The second-order valence-corrected chi connectivity index (χ2v) is 4.02. The lowest BCUT2D eigenvalue weighted by atomic mass is 10.2. The van der Waals surface area contributed by atoms with Gasteiger partial charge in [0.25, 0.3) is 5.89 Å². The molecule has 0 aromatic carbocycles. The van der Waals surface area contributed by atoms with Crippen LogP contribution in [0.4, 0.5) is 0 Å². The van der Waals surface area contributed by atoms with Crippen molar-refractivity contribution in [2.45, 2.75) is 26.0 Å². The summed E-state index contributed by atoms with van der Waals surface area (Å²) in [5.74, 6) is 1.03. The van der Waals surface area contributed by atoms with Crippen molar-refractivity contribution >= 4 is 0 Å². The van der Waals surface area contributed by atoms with E-state index in [4.69, 9.17) is 15.0 Å². The van der Waals surface area contributed by atoms with Crippen LogP contribution in [-0.2, 0) is 17.7 Å². The smallest absolute Gasteiger partial charge is 0.276 e. The molecule has 0 saturated heterocycles. The van der Waals surface area contributed by atoms with Crippen molar-refractivity contribution in [2.75, 3.05) is 7.11 Å². The zero-order valence-electron chi connectivity index (χ0n) is 10.5. The normalized spacial score (nSPS) is 12.6. The van der Waals surface area contributed by atoms with Crippen molar-refractivity contribution in [1.82, 2.24) is 15.1 Å². The summed E-state index contributed by atoms with van der Waals surface area (Å²) in [6, 6.07) is 3.71. The average Bonchev–Trinajstić information content (AvgIpc) is 2.87. The molecule has 6 nitrogen and oxygen atoms in total. The minimum absolute atomic E-state index is 0.0584. The maximum absolute atomic E-state index is 5.51. The summed E-state index contributed by atoms with van der Waals surface area (Å²) in [6.45, 7) is 2.41. The molecule has 0 amide bonds. The van der Waals surface area contributed by atoms with E-state index < -0.39 is 0 Å². The topological polar surface area (TPSA) is 87.1 Å². The summed E-state index contributed by atoms with van der Waals surface area (Å²) in [5, 5.41) is 3.89. The molecule has 0 aliphatic heterocycles. The van der Waals surface area contributed by atoms with Gasteiger partial charge in [-0.1, -0.05) is 11.2 Å². The SMILES string of the molecule is COC(C)Cc1noc(-c2ccc(CN)cn2)n1. The fraction of sp³-hybridized carbons (Fsp3) is 0.417. The molecule has 96 valence electrons. The second kappa shape index (κ2) is 5.70. The number of rotatable bonds is 5. The van der Waals surface area contributed by atoms with E-state index >= 15 is 0 Å². The second-order valence-electron chi connectivity index (χ2n) is 4.02. The van der Waals surface area contributed by atoms with E-state index in [1.54, 1.807) is 13.3 Å². The van der Waals surface area contributed by atoms with Gasteiger partial charge in [0.2, 0.25) is 0 Å². The highest BCUT2D eigenvalue weighted by molar-refractivity contribution is 5.46. The Kier molecular flexibility index (Phi) is 4.01. The van der Waals surface area contributed by atoms with E-state index in [0.29, 0.717) is 30.4 Å². The monoisotopic (exact) mass is 248 g/mol. The Bertz CT molecular complexity index is 495. The van der Waals surface area contributed by atoms with Crippen LogP contribution in [0, 0.1) is 0 Å². The predicted octanol–water partition coefficient (Wildman–Crippen LogP) is 1.17. The first-order valence-electron chi connectivity index (χ1n) is 5.73. The Labute approximate surface area is 105 Å². The molecule has 6 heteroatoms. The minimum Gasteiger partial charge on any atom is -0.381 e. The van der Waals surface area contributed by atoms with Crippen molar-refractivity contribution in [2.24, 2.45) is 5.73 Å². The van der Waals surface area contributed by atoms with E-state index in [-0.39, 0.29) is 6.10 Å². The van der Waals surface area contributed by atoms with Crippen molar-refractivity contribution in [3.05, 3.63) is 29.7 Å². The van der Waals surface area contributed by atoms with Gasteiger partial charge in [-0.15, -0.1) is 0 Å². The average molecular weight is 248 g/mol. The van der Waals surface area contributed by atoms with E-state index in [9.17, 15) is 0 Å². The summed E-state index contributed by atoms with van der Waals surface area (Å²) >= 11 is 0. The molecule has 18 heavy (non-hydrogen) atoms. The van der Waals surface area contributed by atoms with Crippen molar-refractivity contribution < 1.29 is 9.26 Å². The molecule has 2 rings (SSSR count). The molecule has 2 N–H and O–H groups in total. The van der Waals surface area contributed by atoms with Crippen molar-refractivity contribution in [3.63, 3.8) is 0 Å². The summed E-state index contributed by atoms with van der Waals surface area (Å²) in [6.07, 6.45) is 2.38. The lowest BCUT2D eigenvalue weighted by Gasteiger charge is -2.03. The molecular formula is C12H16N4O2. The highest BCUT2D eigenvalue weighted by Gasteiger charge is 2.12. The molecule has 2 aromatic heterocycles. The fourth-order valence-electron chi connectivity index (χ4n) is 1.45. The number of nitrogens with zero attached hydrogens (tertiary/aromatic N) is 3. The lowest BCUT2D eigenvalue weighted by molar-refractivity contribution is 0.116. The maximum atomic E-state index is 5.51. The minimum atomic E-state index is 0.0584. The molecular weight excluding hydrogens is 232 g/mol. The Hall–Kier alpha value is -1.79. The maximum Gasteiger partial charge on any atom is 0.276 e. The van der Waals surface area contributed by atoms with Crippen LogP contribution in [0.15, 0.2) is 22.9 Å². The molecule has 1 atom stereocenters.